The van der Waals surface area contributed by atoms with Crippen molar-refractivity contribution >= 4 is 11.6 Å². The van der Waals surface area contributed by atoms with E-state index in [9.17, 15) is 4.79 Å². The highest BCUT2D eigenvalue weighted by molar-refractivity contribution is 5.89. The van der Waals surface area contributed by atoms with Crippen molar-refractivity contribution < 1.29 is 9.53 Å². The van der Waals surface area contributed by atoms with E-state index in [1.807, 2.05) is 6.92 Å². The van der Waals surface area contributed by atoms with Gasteiger partial charge in [0.05, 0.1) is 12.7 Å². The van der Waals surface area contributed by atoms with Crippen LogP contribution in [0.4, 0.5) is 0 Å². The highest BCUT2D eigenvalue weighted by atomic mass is 16.5. The van der Waals surface area contributed by atoms with Gasteiger partial charge in [0.15, 0.2) is 11.5 Å². The zero-order valence-corrected chi connectivity index (χ0v) is 8.60. The van der Waals surface area contributed by atoms with Gasteiger partial charge in [0.2, 0.25) is 0 Å². The average Bonchev–Trinajstić information content (AvgIpc) is 2.69. The molecule has 0 aliphatic heterocycles. The van der Waals surface area contributed by atoms with Crippen LogP contribution >= 0.6 is 0 Å². The van der Waals surface area contributed by atoms with Crippen LogP contribution in [0, 0.1) is 0 Å². The molecule has 0 spiro atoms. The van der Waals surface area contributed by atoms with Gasteiger partial charge in [-0.05, 0) is 12.1 Å². The molecule has 0 radical (unpaired) electrons. The molecule has 0 aliphatic carbocycles. The highest BCUT2D eigenvalue weighted by Crippen LogP contribution is 2.06. The molecule has 0 fully saturated rings. The van der Waals surface area contributed by atoms with Crippen molar-refractivity contribution in [1.82, 2.24) is 14.6 Å². The number of fused-ring (bicyclic) bond motifs is 1. The van der Waals surface area contributed by atoms with Gasteiger partial charge in [-0.25, -0.2) is 14.3 Å². The SMILES string of the molecule is CCc1nc2ccc(C(=O)OC)cn2n1. The number of aromatic nitrogens is 3. The van der Waals surface area contributed by atoms with Gasteiger partial charge in [0, 0.05) is 12.6 Å². The molecular formula is C10H11N3O2. The summed E-state index contributed by atoms with van der Waals surface area (Å²) in [5, 5.41) is 4.21. The Morgan fingerprint density at radius 3 is 3.00 bits per heavy atom. The van der Waals surface area contributed by atoms with Crippen LogP contribution in [0.15, 0.2) is 18.3 Å². The highest BCUT2D eigenvalue weighted by Gasteiger charge is 2.08. The second-order valence-electron chi connectivity index (χ2n) is 3.09. The molecule has 2 aromatic rings. The molecule has 0 unspecified atom stereocenters. The van der Waals surface area contributed by atoms with Crippen LogP contribution in [0.2, 0.25) is 0 Å². The third kappa shape index (κ3) is 1.68. The van der Waals surface area contributed by atoms with E-state index in [-0.39, 0.29) is 5.97 Å². The zero-order chi connectivity index (χ0) is 10.8. The molecule has 2 aromatic heterocycles. The fourth-order valence-corrected chi connectivity index (χ4v) is 1.32. The lowest BCUT2D eigenvalue weighted by Gasteiger charge is -1.98. The summed E-state index contributed by atoms with van der Waals surface area (Å²) < 4.78 is 6.21. The van der Waals surface area contributed by atoms with Crippen LogP contribution in [0.3, 0.4) is 0 Å². The summed E-state index contributed by atoms with van der Waals surface area (Å²) in [6, 6.07) is 3.42. The maximum absolute atomic E-state index is 11.2. The number of carbonyl (C=O) groups is 1. The number of hydrogen-bond donors (Lipinski definition) is 0. The molecule has 2 rings (SSSR count). The first-order valence-corrected chi connectivity index (χ1v) is 4.68. The number of aryl methyl sites for hydroxylation is 1. The summed E-state index contributed by atoms with van der Waals surface area (Å²) >= 11 is 0. The summed E-state index contributed by atoms with van der Waals surface area (Å²) in [6.07, 6.45) is 2.39. The Morgan fingerprint density at radius 1 is 1.53 bits per heavy atom. The first-order chi connectivity index (χ1) is 7.24. The molecule has 5 heteroatoms. The predicted octanol–water partition coefficient (Wildman–Crippen LogP) is 1.08. The van der Waals surface area contributed by atoms with Crippen LogP contribution in [0.1, 0.15) is 23.1 Å². The van der Waals surface area contributed by atoms with E-state index < -0.39 is 0 Å². The first kappa shape index (κ1) is 9.64. The van der Waals surface area contributed by atoms with E-state index in [0.717, 1.165) is 17.9 Å². The second-order valence-corrected chi connectivity index (χ2v) is 3.09. The number of hydrogen-bond acceptors (Lipinski definition) is 4. The summed E-state index contributed by atoms with van der Waals surface area (Å²) in [4.78, 5) is 15.5. The van der Waals surface area contributed by atoms with Crippen LogP contribution in [-0.4, -0.2) is 27.7 Å². The molecule has 0 saturated carbocycles. The minimum absolute atomic E-state index is 0.370. The van der Waals surface area contributed by atoms with Gasteiger partial charge in [-0.3, -0.25) is 0 Å². The predicted molar refractivity (Wildman–Crippen MR) is 53.7 cm³/mol. The minimum atomic E-state index is -0.370. The van der Waals surface area contributed by atoms with Crippen LogP contribution < -0.4 is 0 Å². The number of carbonyl (C=O) groups excluding carboxylic acids is 1. The van der Waals surface area contributed by atoms with E-state index in [1.165, 1.54) is 7.11 Å². The van der Waals surface area contributed by atoms with Gasteiger partial charge in [-0.15, -0.1) is 0 Å². The maximum Gasteiger partial charge on any atom is 0.339 e. The third-order valence-corrected chi connectivity index (χ3v) is 2.11. The van der Waals surface area contributed by atoms with E-state index in [4.69, 9.17) is 0 Å². The van der Waals surface area contributed by atoms with Crippen molar-refractivity contribution in [3.05, 3.63) is 29.7 Å². The fraction of sp³-hybridized carbons (Fsp3) is 0.300. The molecular weight excluding hydrogens is 194 g/mol. The van der Waals surface area contributed by atoms with Crippen molar-refractivity contribution in [2.45, 2.75) is 13.3 Å². The fourth-order valence-electron chi connectivity index (χ4n) is 1.32. The molecule has 78 valence electrons. The van der Waals surface area contributed by atoms with Crippen LogP contribution in [0.5, 0.6) is 0 Å². The largest absolute Gasteiger partial charge is 0.465 e. The van der Waals surface area contributed by atoms with E-state index in [2.05, 4.69) is 14.8 Å². The molecule has 0 atom stereocenters. The maximum atomic E-state index is 11.2. The number of methoxy groups -OCH3 is 1. The monoisotopic (exact) mass is 205 g/mol. The lowest BCUT2D eigenvalue weighted by atomic mass is 10.3. The Labute approximate surface area is 86.7 Å². The molecule has 0 bridgehead atoms. The number of nitrogens with zero attached hydrogens (tertiary/aromatic N) is 3. The quantitative estimate of drug-likeness (QED) is 0.688. The lowest BCUT2D eigenvalue weighted by molar-refractivity contribution is 0.0600. The van der Waals surface area contributed by atoms with Crippen molar-refractivity contribution in [3.8, 4) is 0 Å². The molecule has 2 heterocycles. The van der Waals surface area contributed by atoms with Gasteiger partial charge in [0.25, 0.3) is 0 Å². The summed E-state index contributed by atoms with van der Waals surface area (Å²) in [5.41, 5.74) is 1.21. The van der Waals surface area contributed by atoms with Gasteiger partial charge in [-0.2, -0.15) is 5.10 Å². The van der Waals surface area contributed by atoms with Crippen molar-refractivity contribution in [2.75, 3.05) is 7.11 Å². The standard InChI is InChI=1S/C10H11N3O2/c1-3-8-11-9-5-4-7(10(14)15-2)6-13(9)12-8/h4-6H,3H2,1-2H3. The van der Waals surface area contributed by atoms with Crippen molar-refractivity contribution in [2.24, 2.45) is 0 Å². The molecule has 15 heavy (non-hydrogen) atoms. The molecule has 0 saturated heterocycles. The second kappa shape index (κ2) is 3.68. The van der Waals surface area contributed by atoms with Crippen molar-refractivity contribution in [1.29, 1.82) is 0 Å². The zero-order valence-electron chi connectivity index (χ0n) is 8.60. The Bertz CT molecular complexity index is 504. The summed E-state index contributed by atoms with van der Waals surface area (Å²) in [6.45, 7) is 1.98. The molecule has 0 aliphatic rings. The third-order valence-electron chi connectivity index (χ3n) is 2.11. The first-order valence-electron chi connectivity index (χ1n) is 4.68. The van der Waals surface area contributed by atoms with Gasteiger partial charge >= 0.3 is 5.97 Å². The summed E-state index contributed by atoms with van der Waals surface area (Å²) in [5.74, 6) is 0.391. The normalized spacial score (nSPS) is 10.5. The summed E-state index contributed by atoms with van der Waals surface area (Å²) in [7, 11) is 1.35. The van der Waals surface area contributed by atoms with Crippen molar-refractivity contribution in [3.63, 3.8) is 0 Å². The Balaban J connectivity index is 2.50. The van der Waals surface area contributed by atoms with Gasteiger partial charge in [0.1, 0.15) is 0 Å². The molecule has 0 amide bonds. The van der Waals surface area contributed by atoms with Gasteiger partial charge in [-0.1, -0.05) is 6.92 Å². The van der Waals surface area contributed by atoms with Gasteiger partial charge < -0.3 is 4.74 Å². The van der Waals surface area contributed by atoms with E-state index >= 15 is 0 Å². The number of rotatable bonds is 2. The van der Waals surface area contributed by atoms with E-state index in [1.54, 1.807) is 22.8 Å². The smallest absolute Gasteiger partial charge is 0.339 e. The number of pyridine rings is 1. The molecule has 0 aromatic carbocycles. The molecule has 5 nitrogen and oxygen atoms in total. The Hall–Kier alpha value is -1.91. The average molecular weight is 205 g/mol. The van der Waals surface area contributed by atoms with E-state index in [0.29, 0.717) is 5.56 Å². The Morgan fingerprint density at radius 2 is 2.33 bits per heavy atom. The number of ether oxygens (including phenoxy) is 1. The number of esters is 1. The van der Waals surface area contributed by atoms with Crippen LogP contribution in [-0.2, 0) is 11.2 Å². The lowest BCUT2D eigenvalue weighted by Crippen LogP contribution is -2.03. The topological polar surface area (TPSA) is 56.5 Å². The Kier molecular flexibility index (Phi) is 2.37. The van der Waals surface area contributed by atoms with Crippen LogP contribution in [0.25, 0.3) is 5.65 Å². The molecule has 0 N–H and O–H groups in total. The minimum Gasteiger partial charge on any atom is -0.465 e.